The first-order valence-electron chi connectivity index (χ1n) is 5.62. The van der Waals surface area contributed by atoms with E-state index in [9.17, 15) is 9.18 Å². The van der Waals surface area contributed by atoms with Crippen molar-refractivity contribution in [2.45, 2.75) is 13.5 Å². The Morgan fingerprint density at radius 3 is 2.84 bits per heavy atom. The largest absolute Gasteiger partial charge is 0.508 e. The van der Waals surface area contributed by atoms with Crippen LogP contribution in [0.1, 0.15) is 20.9 Å². The molecule has 0 atom stereocenters. The molecule has 0 radical (unpaired) electrons. The standard InChI is InChI=1S/C13H13FN2O2S/c1-8-12(19-7-15-8)6-16(2)13(18)10-4-3-9(17)5-11(10)14/h3-5,7,17H,6H2,1-2H3. The SMILES string of the molecule is Cc1ncsc1CN(C)C(=O)c1ccc(O)cc1F. The van der Waals surface area contributed by atoms with E-state index in [4.69, 9.17) is 5.11 Å². The van der Waals surface area contributed by atoms with Crippen LogP contribution in [-0.4, -0.2) is 27.9 Å². The summed E-state index contributed by atoms with van der Waals surface area (Å²) in [6, 6.07) is 3.50. The van der Waals surface area contributed by atoms with E-state index in [1.54, 1.807) is 12.6 Å². The van der Waals surface area contributed by atoms with Crippen molar-refractivity contribution < 1.29 is 14.3 Å². The van der Waals surface area contributed by atoms with Gasteiger partial charge in [-0.3, -0.25) is 4.79 Å². The van der Waals surface area contributed by atoms with E-state index in [-0.39, 0.29) is 11.3 Å². The molecule has 2 rings (SSSR count). The van der Waals surface area contributed by atoms with Crippen LogP contribution in [0.5, 0.6) is 5.75 Å². The van der Waals surface area contributed by atoms with E-state index in [2.05, 4.69) is 4.98 Å². The van der Waals surface area contributed by atoms with Gasteiger partial charge in [0.05, 0.1) is 23.3 Å². The number of phenols is 1. The van der Waals surface area contributed by atoms with E-state index < -0.39 is 11.7 Å². The highest BCUT2D eigenvalue weighted by atomic mass is 32.1. The summed E-state index contributed by atoms with van der Waals surface area (Å²) in [5, 5.41) is 9.13. The fraction of sp³-hybridized carbons (Fsp3) is 0.231. The molecule has 0 spiro atoms. The normalized spacial score (nSPS) is 10.5. The maximum Gasteiger partial charge on any atom is 0.256 e. The number of aromatic nitrogens is 1. The number of aryl methyl sites for hydroxylation is 1. The zero-order valence-corrected chi connectivity index (χ0v) is 11.4. The van der Waals surface area contributed by atoms with Crippen molar-refractivity contribution >= 4 is 17.2 Å². The van der Waals surface area contributed by atoms with E-state index >= 15 is 0 Å². The lowest BCUT2D eigenvalue weighted by atomic mass is 10.1. The lowest BCUT2D eigenvalue weighted by molar-refractivity contribution is 0.0781. The van der Waals surface area contributed by atoms with Crippen LogP contribution < -0.4 is 0 Å². The molecule has 0 aliphatic carbocycles. The molecule has 0 saturated carbocycles. The minimum absolute atomic E-state index is 0.0533. The van der Waals surface area contributed by atoms with Gasteiger partial charge in [0.1, 0.15) is 11.6 Å². The van der Waals surface area contributed by atoms with Gasteiger partial charge >= 0.3 is 0 Å². The van der Waals surface area contributed by atoms with Gasteiger partial charge in [-0.25, -0.2) is 9.37 Å². The van der Waals surface area contributed by atoms with Crippen LogP contribution in [-0.2, 0) is 6.54 Å². The monoisotopic (exact) mass is 280 g/mol. The molecule has 1 aromatic carbocycles. The van der Waals surface area contributed by atoms with Crippen molar-refractivity contribution in [3.05, 3.63) is 45.7 Å². The summed E-state index contributed by atoms with van der Waals surface area (Å²) in [5.41, 5.74) is 2.53. The van der Waals surface area contributed by atoms with Crippen molar-refractivity contribution in [3.63, 3.8) is 0 Å². The van der Waals surface area contributed by atoms with Gasteiger partial charge in [0.25, 0.3) is 5.91 Å². The van der Waals surface area contributed by atoms with Crippen molar-refractivity contribution in [2.24, 2.45) is 0 Å². The Morgan fingerprint density at radius 2 is 2.26 bits per heavy atom. The van der Waals surface area contributed by atoms with Crippen molar-refractivity contribution in [2.75, 3.05) is 7.05 Å². The third-order valence-corrected chi connectivity index (χ3v) is 3.68. The highest BCUT2D eigenvalue weighted by Gasteiger charge is 2.17. The van der Waals surface area contributed by atoms with Gasteiger partial charge < -0.3 is 10.0 Å². The van der Waals surface area contributed by atoms with Crippen LogP contribution in [0, 0.1) is 12.7 Å². The van der Waals surface area contributed by atoms with E-state index in [1.807, 2.05) is 6.92 Å². The van der Waals surface area contributed by atoms with Crippen LogP contribution in [0.4, 0.5) is 4.39 Å². The second-order valence-corrected chi connectivity index (χ2v) is 5.13. The van der Waals surface area contributed by atoms with Gasteiger partial charge in [0.15, 0.2) is 0 Å². The average molecular weight is 280 g/mol. The van der Waals surface area contributed by atoms with Crippen LogP contribution in [0.2, 0.25) is 0 Å². The van der Waals surface area contributed by atoms with E-state index in [0.29, 0.717) is 6.54 Å². The number of amides is 1. The predicted octanol–water partition coefficient (Wildman–Crippen LogP) is 2.57. The molecular weight excluding hydrogens is 267 g/mol. The van der Waals surface area contributed by atoms with Crippen LogP contribution >= 0.6 is 11.3 Å². The molecule has 0 fully saturated rings. The summed E-state index contributed by atoms with van der Waals surface area (Å²) in [4.78, 5) is 18.6. The molecular formula is C13H13FN2O2S. The van der Waals surface area contributed by atoms with Gasteiger partial charge in [0.2, 0.25) is 0 Å². The maximum atomic E-state index is 13.6. The molecule has 1 heterocycles. The van der Waals surface area contributed by atoms with Crippen molar-refractivity contribution in [1.82, 2.24) is 9.88 Å². The Bertz CT molecular complexity index is 612. The number of benzene rings is 1. The molecule has 4 nitrogen and oxygen atoms in total. The summed E-state index contributed by atoms with van der Waals surface area (Å²) >= 11 is 1.46. The second kappa shape index (κ2) is 5.36. The number of nitrogens with zero attached hydrogens (tertiary/aromatic N) is 2. The first kappa shape index (κ1) is 13.5. The number of hydrogen-bond donors (Lipinski definition) is 1. The van der Waals surface area contributed by atoms with Gasteiger partial charge in [0, 0.05) is 18.0 Å². The molecule has 0 saturated heterocycles. The smallest absolute Gasteiger partial charge is 0.256 e. The molecule has 1 amide bonds. The molecule has 0 aliphatic heterocycles. The predicted molar refractivity (Wildman–Crippen MR) is 70.7 cm³/mol. The molecule has 2 aromatic rings. The van der Waals surface area contributed by atoms with Crippen molar-refractivity contribution in [1.29, 1.82) is 0 Å². The quantitative estimate of drug-likeness (QED) is 0.940. The average Bonchev–Trinajstić information content (AvgIpc) is 2.74. The Morgan fingerprint density at radius 1 is 1.53 bits per heavy atom. The fourth-order valence-electron chi connectivity index (χ4n) is 1.65. The molecule has 6 heteroatoms. The highest BCUT2D eigenvalue weighted by Crippen LogP contribution is 2.19. The number of aromatic hydroxyl groups is 1. The zero-order chi connectivity index (χ0) is 14.0. The number of carbonyl (C=O) groups excluding carboxylic acids is 1. The first-order chi connectivity index (χ1) is 8.99. The van der Waals surface area contributed by atoms with Gasteiger partial charge in [-0.15, -0.1) is 11.3 Å². The molecule has 1 N–H and O–H groups in total. The van der Waals surface area contributed by atoms with Gasteiger partial charge in [-0.05, 0) is 19.1 Å². The lowest BCUT2D eigenvalue weighted by Gasteiger charge is -2.17. The third-order valence-electron chi connectivity index (χ3n) is 2.76. The molecule has 19 heavy (non-hydrogen) atoms. The first-order valence-corrected chi connectivity index (χ1v) is 6.50. The second-order valence-electron chi connectivity index (χ2n) is 4.19. The summed E-state index contributed by atoms with van der Waals surface area (Å²) in [6.45, 7) is 2.25. The number of phenolic OH excluding ortho intramolecular Hbond substituents is 1. The third kappa shape index (κ3) is 2.90. The number of thiazole rings is 1. The van der Waals surface area contributed by atoms with Crippen LogP contribution in [0.3, 0.4) is 0 Å². The topological polar surface area (TPSA) is 53.4 Å². The number of hydrogen-bond acceptors (Lipinski definition) is 4. The lowest BCUT2D eigenvalue weighted by Crippen LogP contribution is -2.26. The van der Waals surface area contributed by atoms with Crippen LogP contribution in [0.25, 0.3) is 0 Å². The number of halogens is 1. The summed E-state index contributed by atoms with van der Waals surface area (Å²) in [7, 11) is 1.60. The van der Waals surface area contributed by atoms with E-state index in [1.165, 1.54) is 28.4 Å². The molecule has 0 unspecified atom stereocenters. The Kier molecular flexibility index (Phi) is 3.80. The van der Waals surface area contributed by atoms with Crippen LogP contribution in [0.15, 0.2) is 23.7 Å². The molecule has 1 aromatic heterocycles. The van der Waals surface area contributed by atoms with E-state index in [0.717, 1.165) is 16.6 Å². The Labute approximate surface area is 114 Å². The fourth-order valence-corrected chi connectivity index (χ4v) is 2.48. The highest BCUT2D eigenvalue weighted by molar-refractivity contribution is 7.09. The number of carbonyl (C=O) groups is 1. The summed E-state index contributed by atoms with van der Waals surface area (Å²) in [5.74, 6) is -1.35. The minimum Gasteiger partial charge on any atom is -0.508 e. The molecule has 0 aliphatic rings. The summed E-state index contributed by atoms with van der Waals surface area (Å²) in [6.07, 6.45) is 0. The van der Waals surface area contributed by atoms with Gasteiger partial charge in [-0.2, -0.15) is 0 Å². The Hall–Kier alpha value is -1.95. The molecule has 100 valence electrons. The zero-order valence-electron chi connectivity index (χ0n) is 10.6. The minimum atomic E-state index is -0.724. The van der Waals surface area contributed by atoms with Crippen molar-refractivity contribution in [3.8, 4) is 5.75 Å². The summed E-state index contributed by atoms with van der Waals surface area (Å²) < 4.78 is 13.6. The van der Waals surface area contributed by atoms with Gasteiger partial charge in [-0.1, -0.05) is 0 Å². The number of rotatable bonds is 3. The molecule has 0 bridgehead atoms. The Balaban J connectivity index is 2.17. The maximum absolute atomic E-state index is 13.6.